The molecule has 1 aliphatic heterocycles. The van der Waals surface area contributed by atoms with Crippen LogP contribution in [0, 0.1) is 5.92 Å². The summed E-state index contributed by atoms with van der Waals surface area (Å²) in [7, 11) is 0. The standard InChI is InChI=1S/C28H28F3N3O2/c1-16(2)26-24-20(15-34(26)14-17-7-9-21(10-8-17)28(29,30)31)11-19(13-32-24)27(36)33-25-22-6-4-3-5-18(22)12-23(25)35/h3-11,13,16,23,25-26,35H,12,14-15H2,1-2H3,(H,33,36)/t23-,25+,26?/m1/s1. The van der Waals surface area contributed by atoms with Crippen LogP contribution in [0.1, 0.15) is 69.8 Å². The first-order valence-corrected chi connectivity index (χ1v) is 12.1. The predicted octanol–water partition coefficient (Wildman–Crippen LogP) is 5.20. The van der Waals surface area contributed by atoms with Gasteiger partial charge in [0.15, 0.2) is 0 Å². The van der Waals surface area contributed by atoms with Gasteiger partial charge in [-0.15, -0.1) is 0 Å². The number of aliphatic hydroxyl groups is 1. The van der Waals surface area contributed by atoms with Gasteiger partial charge in [-0.3, -0.25) is 14.7 Å². The Morgan fingerprint density at radius 2 is 1.86 bits per heavy atom. The van der Waals surface area contributed by atoms with Gasteiger partial charge in [-0.1, -0.05) is 50.2 Å². The van der Waals surface area contributed by atoms with Crippen molar-refractivity contribution in [1.82, 2.24) is 15.2 Å². The maximum Gasteiger partial charge on any atom is 0.416 e. The average Bonchev–Trinajstić information content (AvgIpc) is 3.35. The lowest BCUT2D eigenvalue weighted by molar-refractivity contribution is -0.137. The number of halogens is 3. The molecule has 0 saturated carbocycles. The molecule has 2 N–H and O–H groups in total. The molecule has 2 aliphatic rings. The Balaban J connectivity index is 1.34. The molecular formula is C28H28F3N3O2. The molecule has 0 saturated heterocycles. The Morgan fingerprint density at radius 1 is 1.14 bits per heavy atom. The van der Waals surface area contributed by atoms with Crippen molar-refractivity contribution in [3.63, 3.8) is 0 Å². The van der Waals surface area contributed by atoms with E-state index >= 15 is 0 Å². The minimum atomic E-state index is -4.36. The SMILES string of the molecule is CC(C)C1c2ncc(C(=O)N[C@H]3c4ccccc4C[C@H]3O)cc2CN1Cc1ccc(C(F)(F)F)cc1. The zero-order valence-corrected chi connectivity index (χ0v) is 20.1. The number of pyridine rings is 1. The van der Waals surface area contributed by atoms with Gasteiger partial charge in [-0.2, -0.15) is 13.2 Å². The zero-order valence-electron chi connectivity index (χ0n) is 20.1. The van der Waals surface area contributed by atoms with Crippen LogP contribution >= 0.6 is 0 Å². The Labute approximate surface area is 208 Å². The second-order valence-electron chi connectivity index (χ2n) is 9.98. The molecule has 3 aromatic rings. The highest BCUT2D eigenvalue weighted by Gasteiger charge is 2.36. The van der Waals surface area contributed by atoms with Gasteiger partial charge < -0.3 is 10.4 Å². The summed E-state index contributed by atoms with van der Waals surface area (Å²) in [6.45, 7) is 5.19. The lowest BCUT2D eigenvalue weighted by Gasteiger charge is -2.27. The van der Waals surface area contributed by atoms with Crippen molar-refractivity contribution in [2.75, 3.05) is 0 Å². The number of alkyl halides is 3. The van der Waals surface area contributed by atoms with E-state index in [2.05, 4.69) is 29.0 Å². The number of hydrogen-bond acceptors (Lipinski definition) is 4. The van der Waals surface area contributed by atoms with Crippen LogP contribution in [0.2, 0.25) is 0 Å². The molecule has 2 heterocycles. The van der Waals surface area contributed by atoms with Gasteiger partial charge >= 0.3 is 6.18 Å². The summed E-state index contributed by atoms with van der Waals surface area (Å²) < 4.78 is 38.8. The fraction of sp³-hybridized carbons (Fsp3) is 0.357. The van der Waals surface area contributed by atoms with Gasteiger partial charge in [0.25, 0.3) is 5.91 Å². The van der Waals surface area contributed by atoms with E-state index < -0.39 is 23.9 Å². The fourth-order valence-electron chi connectivity index (χ4n) is 5.43. The molecule has 0 fully saturated rings. The lowest BCUT2D eigenvalue weighted by Crippen LogP contribution is -2.34. The normalized spacial score (nSPS) is 21.5. The Kier molecular flexibility index (Phi) is 6.34. The monoisotopic (exact) mass is 495 g/mol. The molecule has 0 spiro atoms. The molecule has 36 heavy (non-hydrogen) atoms. The highest BCUT2D eigenvalue weighted by molar-refractivity contribution is 5.94. The van der Waals surface area contributed by atoms with Gasteiger partial charge in [0.05, 0.1) is 35.0 Å². The highest BCUT2D eigenvalue weighted by atomic mass is 19.4. The average molecular weight is 496 g/mol. The predicted molar refractivity (Wildman–Crippen MR) is 129 cm³/mol. The first-order chi connectivity index (χ1) is 17.1. The number of hydrogen-bond donors (Lipinski definition) is 2. The third kappa shape index (κ3) is 4.63. The van der Waals surface area contributed by atoms with Crippen molar-refractivity contribution in [2.45, 2.75) is 57.7 Å². The number of benzene rings is 2. The van der Waals surface area contributed by atoms with E-state index in [1.807, 2.05) is 30.3 Å². The molecule has 0 bridgehead atoms. The van der Waals surface area contributed by atoms with Crippen LogP contribution in [0.4, 0.5) is 13.2 Å². The largest absolute Gasteiger partial charge is 0.416 e. The molecule has 8 heteroatoms. The van der Waals surface area contributed by atoms with Crippen LogP contribution in [0.3, 0.4) is 0 Å². The van der Waals surface area contributed by atoms with E-state index in [9.17, 15) is 23.1 Å². The second-order valence-corrected chi connectivity index (χ2v) is 9.98. The molecule has 1 aromatic heterocycles. The van der Waals surface area contributed by atoms with E-state index in [0.717, 1.165) is 40.1 Å². The van der Waals surface area contributed by atoms with Crippen molar-refractivity contribution >= 4 is 5.91 Å². The van der Waals surface area contributed by atoms with E-state index in [1.54, 1.807) is 6.20 Å². The topological polar surface area (TPSA) is 65.5 Å². The Morgan fingerprint density at radius 3 is 2.56 bits per heavy atom. The molecule has 188 valence electrons. The Hall–Kier alpha value is -3.23. The number of aromatic nitrogens is 1. The van der Waals surface area contributed by atoms with Crippen LogP contribution in [-0.4, -0.2) is 27.0 Å². The van der Waals surface area contributed by atoms with E-state index in [4.69, 9.17) is 0 Å². The molecule has 1 aliphatic carbocycles. The van der Waals surface area contributed by atoms with Crippen LogP contribution in [-0.2, 0) is 25.7 Å². The molecule has 3 atom stereocenters. The summed E-state index contributed by atoms with van der Waals surface area (Å²) in [5, 5.41) is 13.5. The van der Waals surface area contributed by atoms with E-state index in [-0.39, 0.29) is 17.9 Å². The minimum Gasteiger partial charge on any atom is -0.390 e. The van der Waals surface area contributed by atoms with Crippen molar-refractivity contribution in [1.29, 1.82) is 0 Å². The molecular weight excluding hydrogens is 467 g/mol. The molecule has 5 nitrogen and oxygen atoms in total. The first-order valence-electron chi connectivity index (χ1n) is 12.1. The van der Waals surface area contributed by atoms with Crippen LogP contribution in [0.15, 0.2) is 60.8 Å². The summed E-state index contributed by atoms with van der Waals surface area (Å²) in [6.07, 6.45) is -2.98. The second kappa shape index (κ2) is 9.33. The molecule has 2 aromatic carbocycles. The number of nitrogens with one attached hydrogen (secondary N) is 1. The quantitative estimate of drug-likeness (QED) is 0.511. The molecule has 1 unspecified atom stereocenters. The first kappa shape index (κ1) is 24.5. The number of fused-ring (bicyclic) bond motifs is 2. The molecule has 1 amide bonds. The highest BCUT2D eigenvalue weighted by Crippen LogP contribution is 2.39. The molecule has 0 radical (unpaired) electrons. The fourth-order valence-corrected chi connectivity index (χ4v) is 5.43. The summed E-state index contributed by atoms with van der Waals surface area (Å²) in [5.74, 6) is -0.0775. The van der Waals surface area contributed by atoms with Gasteiger partial charge in [-0.05, 0) is 46.4 Å². The number of aliphatic hydroxyl groups excluding tert-OH is 1. The van der Waals surface area contributed by atoms with E-state index in [1.165, 1.54) is 12.1 Å². The van der Waals surface area contributed by atoms with Crippen LogP contribution in [0.25, 0.3) is 0 Å². The number of amides is 1. The number of rotatable bonds is 5. The van der Waals surface area contributed by atoms with Crippen molar-refractivity contribution in [2.24, 2.45) is 5.92 Å². The smallest absolute Gasteiger partial charge is 0.390 e. The summed E-state index contributed by atoms with van der Waals surface area (Å²) in [6, 6.07) is 14.3. The number of carbonyl (C=O) groups is 1. The minimum absolute atomic E-state index is 0.0112. The van der Waals surface area contributed by atoms with Crippen molar-refractivity contribution < 1.29 is 23.1 Å². The number of carbonyl (C=O) groups excluding carboxylic acids is 1. The van der Waals surface area contributed by atoms with Gasteiger partial charge in [-0.25, -0.2) is 0 Å². The summed E-state index contributed by atoms with van der Waals surface area (Å²) >= 11 is 0. The van der Waals surface area contributed by atoms with Crippen LogP contribution < -0.4 is 5.32 Å². The van der Waals surface area contributed by atoms with Crippen LogP contribution in [0.5, 0.6) is 0 Å². The number of nitrogens with zero attached hydrogens (tertiary/aromatic N) is 2. The van der Waals surface area contributed by atoms with Gasteiger partial charge in [0, 0.05) is 25.7 Å². The Bertz CT molecular complexity index is 1270. The van der Waals surface area contributed by atoms with E-state index in [0.29, 0.717) is 25.1 Å². The summed E-state index contributed by atoms with van der Waals surface area (Å²) in [4.78, 5) is 19.9. The van der Waals surface area contributed by atoms with Crippen molar-refractivity contribution in [3.8, 4) is 0 Å². The maximum absolute atomic E-state index is 13.1. The third-order valence-corrected chi connectivity index (χ3v) is 7.10. The molecule has 5 rings (SSSR count). The zero-order chi connectivity index (χ0) is 25.6. The van der Waals surface area contributed by atoms with Gasteiger partial charge in [0.2, 0.25) is 0 Å². The van der Waals surface area contributed by atoms with Crippen molar-refractivity contribution in [3.05, 3.63) is 99.9 Å². The lowest BCUT2D eigenvalue weighted by atomic mass is 9.99. The summed E-state index contributed by atoms with van der Waals surface area (Å²) in [5.41, 5.74) is 4.32. The van der Waals surface area contributed by atoms with Gasteiger partial charge in [0.1, 0.15) is 0 Å². The maximum atomic E-state index is 13.1. The third-order valence-electron chi connectivity index (χ3n) is 7.10.